The molecule has 0 radical (unpaired) electrons. The minimum Gasteiger partial charge on any atom is -0.480 e. The molecule has 0 aliphatic carbocycles. The molecule has 5 N–H and O–H groups in total. The molecule has 1 aromatic rings. The van der Waals surface area contributed by atoms with Gasteiger partial charge in [-0.25, -0.2) is 9.59 Å². The van der Waals surface area contributed by atoms with E-state index in [1.165, 1.54) is 0 Å². The highest BCUT2D eigenvalue weighted by Gasteiger charge is 2.21. The average molecular weight is 279 g/mol. The van der Waals surface area contributed by atoms with Gasteiger partial charge in [0, 0.05) is 6.54 Å². The van der Waals surface area contributed by atoms with Crippen LogP contribution < -0.4 is 16.4 Å². The number of nitrogens with two attached hydrogens (primary N) is 1. The summed E-state index contributed by atoms with van der Waals surface area (Å²) in [5, 5.41) is 13.5. The second-order valence-corrected chi connectivity index (χ2v) is 4.38. The molecule has 0 aromatic heterocycles. The Labute approximate surface area is 116 Å². The summed E-state index contributed by atoms with van der Waals surface area (Å²) < 4.78 is 0. The molecule has 1 aromatic carbocycles. The molecule has 0 aliphatic heterocycles. The zero-order chi connectivity index (χ0) is 15.1. The van der Waals surface area contributed by atoms with E-state index in [1.807, 2.05) is 31.2 Å². The predicted octanol–water partition coefficient (Wildman–Crippen LogP) is 0.123. The lowest BCUT2D eigenvalue weighted by Gasteiger charge is -2.13. The largest absolute Gasteiger partial charge is 0.480 e. The summed E-state index contributed by atoms with van der Waals surface area (Å²) in [7, 11) is 0. The highest BCUT2D eigenvalue weighted by molar-refractivity contribution is 5.87. The van der Waals surface area contributed by atoms with Crippen LogP contribution in [-0.2, 0) is 16.1 Å². The molecule has 0 saturated heterocycles. The van der Waals surface area contributed by atoms with Gasteiger partial charge in [0.2, 0.25) is 5.91 Å². The molecule has 20 heavy (non-hydrogen) atoms. The Bertz CT molecular complexity index is 516. The molecule has 3 amide bonds. The average Bonchev–Trinajstić information content (AvgIpc) is 2.35. The van der Waals surface area contributed by atoms with Crippen molar-refractivity contribution in [2.75, 3.05) is 0 Å². The van der Waals surface area contributed by atoms with E-state index in [-0.39, 0.29) is 6.54 Å². The van der Waals surface area contributed by atoms with Crippen molar-refractivity contribution < 1.29 is 19.5 Å². The smallest absolute Gasteiger partial charge is 0.326 e. The van der Waals surface area contributed by atoms with Crippen molar-refractivity contribution in [1.29, 1.82) is 0 Å². The third-order valence-electron chi connectivity index (χ3n) is 2.54. The van der Waals surface area contributed by atoms with Crippen molar-refractivity contribution in [2.24, 2.45) is 5.73 Å². The first-order valence-electron chi connectivity index (χ1n) is 5.99. The van der Waals surface area contributed by atoms with Gasteiger partial charge in [-0.3, -0.25) is 4.79 Å². The maximum Gasteiger partial charge on any atom is 0.326 e. The summed E-state index contributed by atoms with van der Waals surface area (Å²) in [6.45, 7) is 2.19. The first-order chi connectivity index (χ1) is 9.38. The van der Waals surface area contributed by atoms with Crippen LogP contribution in [0.5, 0.6) is 0 Å². The Morgan fingerprint density at radius 3 is 2.60 bits per heavy atom. The summed E-state index contributed by atoms with van der Waals surface area (Å²) in [4.78, 5) is 33.1. The minimum absolute atomic E-state index is 0.260. The third-order valence-corrected chi connectivity index (χ3v) is 2.54. The molecule has 0 saturated carbocycles. The van der Waals surface area contributed by atoms with Gasteiger partial charge in [-0.15, -0.1) is 0 Å². The van der Waals surface area contributed by atoms with Crippen molar-refractivity contribution in [2.45, 2.75) is 25.9 Å². The van der Waals surface area contributed by atoms with Crippen LogP contribution in [0.4, 0.5) is 4.79 Å². The minimum atomic E-state index is -1.33. The summed E-state index contributed by atoms with van der Waals surface area (Å²) >= 11 is 0. The number of urea groups is 1. The van der Waals surface area contributed by atoms with Gasteiger partial charge < -0.3 is 21.5 Å². The van der Waals surface area contributed by atoms with E-state index < -0.39 is 30.4 Å². The van der Waals surface area contributed by atoms with Gasteiger partial charge >= 0.3 is 12.0 Å². The fourth-order valence-corrected chi connectivity index (χ4v) is 1.61. The number of rotatable bonds is 6. The Morgan fingerprint density at radius 1 is 1.35 bits per heavy atom. The maximum absolute atomic E-state index is 11.6. The Balaban J connectivity index is 2.49. The predicted molar refractivity (Wildman–Crippen MR) is 71.8 cm³/mol. The number of hydrogen-bond acceptors (Lipinski definition) is 3. The monoisotopic (exact) mass is 279 g/mol. The third kappa shape index (κ3) is 5.38. The number of nitrogens with one attached hydrogen (secondary N) is 2. The molecule has 0 bridgehead atoms. The van der Waals surface area contributed by atoms with E-state index in [9.17, 15) is 14.4 Å². The van der Waals surface area contributed by atoms with E-state index in [2.05, 4.69) is 10.6 Å². The number of amides is 3. The number of carbonyl (C=O) groups is 3. The number of carboxylic acid groups (broad SMARTS) is 1. The fraction of sp³-hybridized carbons (Fsp3) is 0.308. The number of carbonyl (C=O) groups excluding carboxylic acids is 2. The van der Waals surface area contributed by atoms with Crippen LogP contribution in [-0.4, -0.2) is 29.1 Å². The number of aryl methyl sites for hydroxylation is 1. The van der Waals surface area contributed by atoms with Gasteiger partial charge in [0.15, 0.2) is 0 Å². The van der Waals surface area contributed by atoms with Gasteiger partial charge in [0.1, 0.15) is 6.04 Å². The zero-order valence-electron chi connectivity index (χ0n) is 11.1. The summed E-state index contributed by atoms with van der Waals surface area (Å²) in [5.41, 5.74) is 6.86. The van der Waals surface area contributed by atoms with Crippen molar-refractivity contribution in [3.05, 3.63) is 35.4 Å². The summed E-state index contributed by atoms with van der Waals surface area (Å²) in [6, 6.07) is 5.53. The fourth-order valence-electron chi connectivity index (χ4n) is 1.61. The lowest BCUT2D eigenvalue weighted by Crippen LogP contribution is -2.47. The van der Waals surface area contributed by atoms with E-state index in [0.717, 1.165) is 11.1 Å². The maximum atomic E-state index is 11.6. The van der Waals surface area contributed by atoms with E-state index >= 15 is 0 Å². The van der Waals surface area contributed by atoms with Crippen LogP contribution in [0.15, 0.2) is 24.3 Å². The van der Waals surface area contributed by atoms with Crippen LogP contribution in [0, 0.1) is 6.92 Å². The quantitative estimate of drug-likeness (QED) is 0.591. The van der Waals surface area contributed by atoms with Crippen molar-refractivity contribution in [1.82, 2.24) is 10.6 Å². The first-order valence-corrected chi connectivity index (χ1v) is 5.99. The molecule has 0 unspecified atom stereocenters. The summed E-state index contributed by atoms with van der Waals surface area (Å²) in [6.07, 6.45) is -0.451. The number of aliphatic carboxylic acids is 1. The van der Waals surface area contributed by atoms with E-state index in [4.69, 9.17) is 10.8 Å². The van der Waals surface area contributed by atoms with Gasteiger partial charge in [0.05, 0.1) is 6.42 Å². The second-order valence-electron chi connectivity index (χ2n) is 4.38. The van der Waals surface area contributed by atoms with E-state index in [0.29, 0.717) is 0 Å². The van der Waals surface area contributed by atoms with Crippen LogP contribution in [0.2, 0.25) is 0 Å². The lowest BCUT2D eigenvalue weighted by molar-refractivity contribution is -0.140. The Hall–Kier alpha value is -2.57. The van der Waals surface area contributed by atoms with Gasteiger partial charge in [-0.1, -0.05) is 29.8 Å². The second kappa shape index (κ2) is 7.13. The first kappa shape index (κ1) is 15.5. The number of carboxylic acids is 1. The van der Waals surface area contributed by atoms with Gasteiger partial charge in [0.25, 0.3) is 0 Å². The standard InChI is InChI=1S/C13H17N3O4/c1-8-3-2-4-9(5-8)7-15-13(20)16-10(12(18)19)6-11(14)17/h2-5,10H,6-7H2,1H3,(H2,14,17)(H,18,19)(H2,15,16,20)/t10-/m0/s1. The molecule has 0 aliphatic rings. The van der Waals surface area contributed by atoms with Crippen LogP contribution >= 0.6 is 0 Å². The normalized spacial score (nSPS) is 11.4. The molecular weight excluding hydrogens is 262 g/mol. The Kier molecular flexibility index (Phi) is 5.52. The van der Waals surface area contributed by atoms with Crippen LogP contribution in [0.1, 0.15) is 17.5 Å². The molecule has 108 valence electrons. The summed E-state index contributed by atoms with van der Waals surface area (Å²) in [5.74, 6) is -2.11. The highest BCUT2D eigenvalue weighted by atomic mass is 16.4. The molecule has 0 heterocycles. The van der Waals surface area contributed by atoms with Gasteiger partial charge in [-0.2, -0.15) is 0 Å². The van der Waals surface area contributed by atoms with Crippen molar-refractivity contribution in [3.63, 3.8) is 0 Å². The van der Waals surface area contributed by atoms with Crippen molar-refractivity contribution >= 4 is 17.9 Å². The highest BCUT2D eigenvalue weighted by Crippen LogP contribution is 2.03. The van der Waals surface area contributed by atoms with Crippen molar-refractivity contribution in [3.8, 4) is 0 Å². The van der Waals surface area contributed by atoms with E-state index in [1.54, 1.807) is 0 Å². The number of primary amides is 1. The Morgan fingerprint density at radius 2 is 2.05 bits per heavy atom. The topological polar surface area (TPSA) is 122 Å². The molecule has 1 atom stereocenters. The molecular formula is C13H17N3O4. The van der Waals surface area contributed by atoms with Crippen LogP contribution in [0.3, 0.4) is 0 Å². The molecule has 7 heteroatoms. The molecule has 0 spiro atoms. The zero-order valence-corrected chi connectivity index (χ0v) is 11.1. The number of hydrogen-bond donors (Lipinski definition) is 4. The SMILES string of the molecule is Cc1cccc(CNC(=O)N[C@@H](CC(N)=O)C(=O)O)c1. The number of benzene rings is 1. The lowest BCUT2D eigenvalue weighted by atomic mass is 10.1. The molecule has 0 fully saturated rings. The van der Waals surface area contributed by atoms with Crippen LogP contribution in [0.25, 0.3) is 0 Å². The van der Waals surface area contributed by atoms with Gasteiger partial charge in [-0.05, 0) is 12.5 Å². The molecule has 1 rings (SSSR count). The molecule has 7 nitrogen and oxygen atoms in total.